The van der Waals surface area contributed by atoms with Crippen molar-refractivity contribution in [2.24, 2.45) is 5.73 Å². The van der Waals surface area contributed by atoms with Crippen LogP contribution in [0, 0.1) is 6.92 Å². The summed E-state index contributed by atoms with van der Waals surface area (Å²) in [6.07, 6.45) is 2.35. The van der Waals surface area contributed by atoms with Crippen molar-refractivity contribution >= 4 is 9.84 Å². The van der Waals surface area contributed by atoms with Crippen molar-refractivity contribution in [2.45, 2.75) is 35.8 Å². The first-order valence-electron chi connectivity index (χ1n) is 5.54. The highest BCUT2D eigenvalue weighted by Crippen LogP contribution is 2.42. The third-order valence-electron chi connectivity index (χ3n) is 3.59. The summed E-state index contributed by atoms with van der Waals surface area (Å²) >= 11 is 0. The van der Waals surface area contributed by atoms with Gasteiger partial charge < -0.3 is 5.73 Å². The molecule has 88 valence electrons. The van der Waals surface area contributed by atoms with E-state index in [4.69, 9.17) is 5.73 Å². The summed E-state index contributed by atoms with van der Waals surface area (Å²) in [5.41, 5.74) is 6.47. The van der Waals surface area contributed by atoms with Crippen LogP contribution >= 0.6 is 0 Å². The Kier molecular flexibility index (Phi) is 2.80. The minimum absolute atomic E-state index is 0.226. The second-order valence-corrected chi connectivity index (χ2v) is 6.82. The molecule has 16 heavy (non-hydrogen) atoms. The summed E-state index contributed by atoms with van der Waals surface area (Å²) in [6.45, 7) is 2.05. The van der Waals surface area contributed by atoms with Crippen LogP contribution in [-0.4, -0.2) is 19.7 Å². The molecule has 1 aliphatic rings. The van der Waals surface area contributed by atoms with Gasteiger partial charge in [0.2, 0.25) is 0 Å². The Bertz CT molecular complexity index is 484. The van der Waals surface area contributed by atoms with E-state index in [0.717, 1.165) is 12.0 Å². The zero-order valence-corrected chi connectivity index (χ0v) is 10.3. The van der Waals surface area contributed by atoms with Crippen molar-refractivity contribution in [3.8, 4) is 0 Å². The predicted octanol–water partition coefficient (Wildman–Crippen LogP) is 1.65. The molecule has 1 fully saturated rings. The lowest BCUT2D eigenvalue weighted by Crippen LogP contribution is -2.51. The first-order chi connectivity index (χ1) is 7.53. The zero-order chi connectivity index (χ0) is 11.8. The number of sulfone groups is 1. The minimum Gasteiger partial charge on any atom is -0.329 e. The van der Waals surface area contributed by atoms with Gasteiger partial charge in [0.05, 0.1) is 9.64 Å². The molecule has 1 aliphatic carbocycles. The number of benzene rings is 1. The zero-order valence-electron chi connectivity index (χ0n) is 9.44. The first kappa shape index (κ1) is 11.6. The molecular formula is C12H17NO2S. The van der Waals surface area contributed by atoms with Gasteiger partial charge in [0.1, 0.15) is 0 Å². The molecule has 0 radical (unpaired) electrons. The van der Waals surface area contributed by atoms with E-state index in [0.29, 0.717) is 17.7 Å². The van der Waals surface area contributed by atoms with Crippen LogP contribution in [0.5, 0.6) is 0 Å². The van der Waals surface area contributed by atoms with Crippen LogP contribution in [-0.2, 0) is 9.84 Å². The summed E-state index contributed by atoms with van der Waals surface area (Å²) in [6, 6.07) is 7.13. The fraction of sp³-hybridized carbons (Fsp3) is 0.500. The van der Waals surface area contributed by atoms with Crippen molar-refractivity contribution in [1.29, 1.82) is 0 Å². The van der Waals surface area contributed by atoms with Crippen LogP contribution in [0.3, 0.4) is 0 Å². The number of hydrogen-bond acceptors (Lipinski definition) is 3. The molecule has 0 atom stereocenters. The van der Waals surface area contributed by atoms with Gasteiger partial charge in [-0.15, -0.1) is 0 Å². The van der Waals surface area contributed by atoms with Crippen LogP contribution in [0.15, 0.2) is 29.2 Å². The number of hydrogen-bond donors (Lipinski definition) is 1. The summed E-state index contributed by atoms with van der Waals surface area (Å²) < 4.78 is 24.3. The van der Waals surface area contributed by atoms with Gasteiger partial charge in [-0.25, -0.2) is 8.42 Å². The summed E-state index contributed by atoms with van der Waals surface area (Å²) in [7, 11) is -3.27. The Labute approximate surface area is 96.6 Å². The first-order valence-corrected chi connectivity index (χ1v) is 7.02. The predicted molar refractivity (Wildman–Crippen MR) is 64.0 cm³/mol. The Hall–Kier alpha value is -0.870. The molecule has 3 nitrogen and oxygen atoms in total. The summed E-state index contributed by atoms with van der Waals surface area (Å²) in [4.78, 5) is 0.445. The van der Waals surface area contributed by atoms with E-state index in [2.05, 4.69) is 0 Å². The van der Waals surface area contributed by atoms with Gasteiger partial charge >= 0.3 is 0 Å². The van der Waals surface area contributed by atoms with Gasteiger partial charge in [-0.3, -0.25) is 0 Å². The van der Waals surface area contributed by atoms with Crippen LogP contribution in [0.1, 0.15) is 24.8 Å². The number of aryl methyl sites for hydroxylation is 1. The molecule has 1 aromatic carbocycles. The maximum absolute atomic E-state index is 12.5. The largest absolute Gasteiger partial charge is 0.329 e. The molecule has 1 saturated carbocycles. The maximum Gasteiger partial charge on any atom is 0.185 e. The molecule has 2 N–H and O–H groups in total. The lowest BCUT2D eigenvalue weighted by Gasteiger charge is -2.40. The Morgan fingerprint density at radius 3 is 2.38 bits per heavy atom. The third kappa shape index (κ3) is 1.48. The SMILES string of the molecule is Cc1ccccc1S(=O)(=O)C1(CN)CCC1. The van der Waals surface area contributed by atoms with Gasteiger partial charge in [-0.2, -0.15) is 0 Å². The average molecular weight is 239 g/mol. The van der Waals surface area contributed by atoms with Gasteiger partial charge in [-0.1, -0.05) is 24.6 Å². The van der Waals surface area contributed by atoms with Crippen molar-refractivity contribution in [3.05, 3.63) is 29.8 Å². The van der Waals surface area contributed by atoms with Gasteiger partial charge in [0.25, 0.3) is 0 Å². The second-order valence-electron chi connectivity index (χ2n) is 4.51. The fourth-order valence-corrected chi connectivity index (χ4v) is 4.51. The standard InChI is InChI=1S/C12H17NO2S/c1-10-5-2-3-6-11(10)16(14,15)12(9-13)7-4-8-12/h2-3,5-6H,4,7-9,13H2,1H3. The van der Waals surface area contributed by atoms with Crippen LogP contribution in [0.4, 0.5) is 0 Å². The van der Waals surface area contributed by atoms with Crippen LogP contribution in [0.2, 0.25) is 0 Å². The molecule has 0 aliphatic heterocycles. The van der Waals surface area contributed by atoms with E-state index in [-0.39, 0.29) is 6.54 Å². The molecule has 2 rings (SSSR count). The van der Waals surface area contributed by atoms with Crippen molar-refractivity contribution in [1.82, 2.24) is 0 Å². The Balaban J connectivity index is 2.51. The van der Waals surface area contributed by atoms with E-state index in [1.165, 1.54) is 0 Å². The van der Waals surface area contributed by atoms with E-state index >= 15 is 0 Å². The maximum atomic E-state index is 12.5. The second kappa shape index (κ2) is 3.86. The summed E-state index contributed by atoms with van der Waals surface area (Å²) in [5.74, 6) is 0. The summed E-state index contributed by atoms with van der Waals surface area (Å²) in [5, 5.41) is 0. The van der Waals surface area contributed by atoms with E-state index in [9.17, 15) is 8.42 Å². The topological polar surface area (TPSA) is 60.2 Å². The molecule has 0 saturated heterocycles. The molecule has 4 heteroatoms. The number of rotatable bonds is 3. The normalized spacial score (nSPS) is 19.1. The van der Waals surface area contributed by atoms with E-state index in [1.807, 2.05) is 19.1 Å². The average Bonchev–Trinajstić information content (AvgIpc) is 2.16. The van der Waals surface area contributed by atoms with Gasteiger partial charge in [-0.05, 0) is 31.4 Å². The molecule has 0 amide bonds. The lowest BCUT2D eigenvalue weighted by molar-refractivity contribution is 0.344. The quantitative estimate of drug-likeness (QED) is 0.872. The molecule has 0 unspecified atom stereocenters. The van der Waals surface area contributed by atoms with Crippen LogP contribution < -0.4 is 5.73 Å². The molecule has 1 aromatic rings. The van der Waals surface area contributed by atoms with Gasteiger partial charge in [0.15, 0.2) is 9.84 Å². The molecule has 0 bridgehead atoms. The molecule has 0 aromatic heterocycles. The minimum atomic E-state index is -3.27. The van der Waals surface area contributed by atoms with E-state index < -0.39 is 14.6 Å². The van der Waals surface area contributed by atoms with Gasteiger partial charge in [0, 0.05) is 6.54 Å². The van der Waals surface area contributed by atoms with E-state index in [1.54, 1.807) is 12.1 Å². The molecule has 0 heterocycles. The Morgan fingerprint density at radius 2 is 1.94 bits per heavy atom. The third-order valence-corrected chi connectivity index (χ3v) is 6.34. The molecule has 0 spiro atoms. The Morgan fingerprint density at radius 1 is 1.31 bits per heavy atom. The molecular weight excluding hydrogens is 222 g/mol. The highest BCUT2D eigenvalue weighted by Gasteiger charge is 2.48. The van der Waals surface area contributed by atoms with Crippen molar-refractivity contribution in [3.63, 3.8) is 0 Å². The highest BCUT2D eigenvalue weighted by molar-refractivity contribution is 7.93. The highest BCUT2D eigenvalue weighted by atomic mass is 32.2. The van der Waals surface area contributed by atoms with Crippen LogP contribution in [0.25, 0.3) is 0 Å². The lowest BCUT2D eigenvalue weighted by atomic mass is 9.84. The van der Waals surface area contributed by atoms with Crippen molar-refractivity contribution in [2.75, 3.05) is 6.54 Å². The fourth-order valence-electron chi connectivity index (χ4n) is 2.24. The smallest absolute Gasteiger partial charge is 0.185 e. The monoisotopic (exact) mass is 239 g/mol. The van der Waals surface area contributed by atoms with Crippen molar-refractivity contribution < 1.29 is 8.42 Å². The number of nitrogens with two attached hydrogens (primary N) is 1.